The zero-order chi connectivity index (χ0) is 11.4. The second-order valence-corrected chi connectivity index (χ2v) is 4.54. The minimum absolute atomic E-state index is 0.397. The summed E-state index contributed by atoms with van der Waals surface area (Å²) in [6.07, 6.45) is -1.22. The Morgan fingerprint density at radius 2 is 1.86 bits per heavy atom. The number of hydrogen-bond acceptors (Lipinski definition) is 3. The smallest absolute Gasteiger partial charge is 0.270 e. The van der Waals surface area contributed by atoms with Crippen molar-refractivity contribution in [3.05, 3.63) is 0 Å². The van der Waals surface area contributed by atoms with Crippen LogP contribution in [-0.4, -0.2) is 30.5 Å². The Morgan fingerprint density at radius 3 is 2.14 bits per heavy atom. The third-order valence-electron chi connectivity index (χ3n) is 1.65. The van der Waals surface area contributed by atoms with Gasteiger partial charge in [-0.2, -0.15) is 5.26 Å². The maximum Gasteiger partial charge on any atom is 0.270 e. The van der Waals surface area contributed by atoms with Crippen LogP contribution in [0, 0.1) is 11.3 Å². The fourth-order valence-corrected chi connectivity index (χ4v) is 1.85. The van der Waals surface area contributed by atoms with Crippen LogP contribution in [0.4, 0.5) is 4.39 Å². The van der Waals surface area contributed by atoms with Crippen molar-refractivity contribution in [3.63, 3.8) is 0 Å². The van der Waals surface area contributed by atoms with Crippen molar-refractivity contribution in [2.24, 2.45) is 0 Å². The molecule has 0 spiro atoms. The molecule has 0 heterocycles. The zero-order valence-electron chi connectivity index (χ0n) is 8.18. The van der Waals surface area contributed by atoms with Crippen molar-refractivity contribution in [1.82, 2.24) is 0 Å². The van der Waals surface area contributed by atoms with E-state index in [1.54, 1.807) is 0 Å². The van der Waals surface area contributed by atoms with Crippen LogP contribution in [0.25, 0.3) is 0 Å². The van der Waals surface area contributed by atoms with Gasteiger partial charge in [0, 0.05) is 20.6 Å². The molecule has 0 aliphatic carbocycles. The summed E-state index contributed by atoms with van der Waals surface area (Å²) < 4.78 is 22.9. The van der Waals surface area contributed by atoms with Gasteiger partial charge in [0.2, 0.25) is 0 Å². The number of rotatable bonds is 5. The molecule has 6 heteroatoms. The third kappa shape index (κ3) is 3.97. The Balaban J connectivity index is 4.56. The fourth-order valence-electron chi connectivity index (χ4n) is 1.14. The van der Waals surface area contributed by atoms with E-state index in [0.29, 0.717) is 0 Å². The van der Waals surface area contributed by atoms with E-state index >= 15 is 0 Å². The molecular formula is C8H12Cl2FNO2. The van der Waals surface area contributed by atoms with Crippen LogP contribution in [0.2, 0.25) is 0 Å². The van der Waals surface area contributed by atoms with Crippen LogP contribution in [-0.2, 0) is 9.47 Å². The van der Waals surface area contributed by atoms with E-state index in [1.807, 2.05) is 0 Å². The predicted molar refractivity (Wildman–Crippen MR) is 52.0 cm³/mol. The number of nitrogens with zero attached hydrogens (tertiary/aromatic N) is 1. The molecule has 0 saturated heterocycles. The standard InChI is InChI=1S/C8H12Cl2FNO2/c1-7(9,6(13-2)14-3)4-8(10,11)5-12/h6H,4H2,1-3H3. The van der Waals surface area contributed by atoms with Gasteiger partial charge in [0.1, 0.15) is 6.07 Å². The second-order valence-electron chi connectivity index (χ2n) is 3.07. The first-order valence-electron chi connectivity index (χ1n) is 3.82. The molecule has 82 valence electrons. The van der Waals surface area contributed by atoms with Crippen molar-refractivity contribution in [1.29, 1.82) is 5.26 Å². The van der Waals surface area contributed by atoms with Crippen LogP contribution in [0.5, 0.6) is 0 Å². The molecule has 0 rings (SSSR count). The van der Waals surface area contributed by atoms with Crippen LogP contribution in [0.3, 0.4) is 0 Å². The van der Waals surface area contributed by atoms with Gasteiger partial charge < -0.3 is 9.47 Å². The summed E-state index contributed by atoms with van der Waals surface area (Å²) in [5.41, 5.74) is 0. The van der Waals surface area contributed by atoms with Crippen molar-refractivity contribution < 1.29 is 13.9 Å². The molecule has 0 aromatic carbocycles. The molecular weight excluding hydrogens is 232 g/mol. The highest BCUT2D eigenvalue weighted by atomic mass is 35.5. The summed E-state index contributed by atoms with van der Waals surface area (Å²) in [5.74, 6) is 0. The van der Waals surface area contributed by atoms with Crippen molar-refractivity contribution in [3.8, 4) is 6.07 Å². The molecule has 2 unspecified atom stereocenters. The molecule has 0 aromatic heterocycles. The molecule has 0 saturated carbocycles. The van der Waals surface area contributed by atoms with Gasteiger partial charge in [-0.15, -0.1) is 11.6 Å². The largest absolute Gasteiger partial charge is 0.354 e. The van der Waals surface area contributed by atoms with Gasteiger partial charge in [-0.25, -0.2) is 4.39 Å². The lowest BCUT2D eigenvalue weighted by Crippen LogP contribution is -2.41. The molecule has 3 nitrogen and oxygen atoms in total. The van der Waals surface area contributed by atoms with E-state index in [0.717, 1.165) is 0 Å². The van der Waals surface area contributed by atoms with Gasteiger partial charge >= 0.3 is 0 Å². The lowest BCUT2D eigenvalue weighted by molar-refractivity contribution is -0.127. The van der Waals surface area contributed by atoms with E-state index in [2.05, 4.69) is 0 Å². The van der Waals surface area contributed by atoms with Gasteiger partial charge in [-0.3, -0.25) is 0 Å². The first kappa shape index (κ1) is 13.9. The number of nitriles is 1. The van der Waals surface area contributed by atoms with E-state index < -0.39 is 22.7 Å². The summed E-state index contributed by atoms with van der Waals surface area (Å²) >= 11 is 11.2. The number of methoxy groups -OCH3 is 2. The fraction of sp³-hybridized carbons (Fsp3) is 0.875. The molecule has 0 N–H and O–H groups in total. The normalized spacial score (nSPS) is 19.9. The molecule has 0 amide bonds. The summed E-state index contributed by atoms with van der Waals surface area (Å²) in [4.78, 5) is -1.20. The van der Waals surface area contributed by atoms with Crippen molar-refractivity contribution in [2.45, 2.75) is 29.6 Å². The molecule has 0 fully saturated rings. The average Bonchev–Trinajstić information content (AvgIpc) is 2.04. The first-order chi connectivity index (χ1) is 6.29. The van der Waals surface area contributed by atoms with Gasteiger partial charge in [0.25, 0.3) is 5.13 Å². The lowest BCUT2D eigenvalue weighted by atomic mass is 10.0. The summed E-state index contributed by atoms with van der Waals surface area (Å²) in [6.45, 7) is 1.49. The number of hydrogen-bond donors (Lipinski definition) is 0. The molecule has 0 aliphatic rings. The van der Waals surface area contributed by atoms with Gasteiger partial charge in [-0.1, -0.05) is 11.6 Å². The Hall–Kier alpha value is -0.0800. The van der Waals surface area contributed by atoms with Crippen LogP contribution in [0.15, 0.2) is 0 Å². The molecule has 0 aliphatic heterocycles. The highest BCUT2D eigenvalue weighted by Gasteiger charge is 2.42. The molecule has 0 aromatic rings. The Labute approximate surface area is 92.7 Å². The van der Waals surface area contributed by atoms with E-state index in [4.69, 9.17) is 37.9 Å². The number of halogens is 3. The van der Waals surface area contributed by atoms with Gasteiger partial charge in [0.05, 0.1) is 4.87 Å². The second kappa shape index (κ2) is 5.13. The summed E-state index contributed by atoms with van der Waals surface area (Å²) in [7, 11) is 2.74. The third-order valence-corrected chi connectivity index (χ3v) is 2.18. The highest BCUT2D eigenvalue weighted by molar-refractivity contribution is 6.27. The average molecular weight is 244 g/mol. The summed E-state index contributed by atoms with van der Waals surface area (Å²) in [6, 6.07) is 1.30. The molecule has 0 bridgehead atoms. The number of alkyl halides is 3. The van der Waals surface area contributed by atoms with Crippen LogP contribution >= 0.6 is 23.2 Å². The zero-order valence-corrected chi connectivity index (χ0v) is 9.69. The molecule has 0 radical (unpaired) electrons. The van der Waals surface area contributed by atoms with Crippen LogP contribution in [0.1, 0.15) is 13.3 Å². The first-order valence-corrected chi connectivity index (χ1v) is 4.58. The van der Waals surface area contributed by atoms with Crippen LogP contribution < -0.4 is 0 Å². The summed E-state index contributed by atoms with van der Waals surface area (Å²) in [5, 5.41) is 5.88. The Kier molecular flexibility index (Phi) is 5.10. The SMILES string of the molecule is COC(OC)C(C)(Cl)CC(F)(Cl)C#N. The van der Waals surface area contributed by atoms with Gasteiger partial charge in [0.15, 0.2) is 6.29 Å². The van der Waals surface area contributed by atoms with E-state index in [-0.39, 0.29) is 0 Å². The lowest BCUT2D eigenvalue weighted by Gasteiger charge is -2.31. The topological polar surface area (TPSA) is 42.2 Å². The quantitative estimate of drug-likeness (QED) is 0.551. The number of ether oxygens (including phenoxy) is 2. The maximum atomic E-state index is 13.2. The highest BCUT2D eigenvalue weighted by Crippen LogP contribution is 2.35. The van der Waals surface area contributed by atoms with E-state index in [9.17, 15) is 4.39 Å². The monoisotopic (exact) mass is 243 g/mol. The van der Waals surface area contributed by atoms with Crippen molar-refractivity contribution in [2.75, 3.05) is 14.2 Å². The minimum atomic E-state index is -2.51. The Bertz CT molecular complexity index is 224. The van der Waals surface area contributed by atoms with Gasteiger partial charge in [-0.05, 0) is 6.92 Å². The maximum absolute atomic E-state index is 13.2. The minimum Gasteiger partial charge on any atom is -0.354 e. The van der Waals surface area contributed by atoms with E-state index in [1.165, 1.54) is 27.2 Å². The molecule has 2 atom stereocenters. The molecule has 14 heavy (non-hydrogen) atoms. The Morgan fingerprint density at radius 1 is 1.43 bits per heavy atom. The predicted octanol–water partition coefficient (Wildman–Crippen LogP) is 2.42. The van der Waals surface area contributed by atoms with Crippen molar-refractivity contribution >= 4 is 23.2 Å².